The second-order valence-electron chi connectivity index (χ2n) is 7.08. The van der Waals surface area contributed by atoms with E-state index in [4.69, 9.17) is 21.1 Å². The Bertz CT molecular complexity index is 1160. The third kappa shape index (κ3) is 5.95. The lowest BCUT2D eigenvalue weighted by Gasteiger charge is -2.11. The van der Waals surface area contributed by atoms with E-state index in [1.807, 2.05) is 32.9 Å². The Morgan fingerprint density at radius 3 is 2.38 bits per heavy atom. The molecule has 32 heavy (non-hydrogen) atoms. The lowest BCUT2D eigenvalue weighted by atomic mass is 10.1. The number of carbonyl (C=O) groups excluding carboxylic acids is 2. The van der Waals surface area contributed by atoms with E-state index >= 15 is 0 Å². The molecule has 0 aliphatic carbocycles. The zero-order valence-electron chi connectivity index (χ0n) is 18.0. The number of hydrazone groups is 1. The van der Waals surface area contributed by atoms with Crippen LogP contribution in [-0.4, -0.2) is 24.7 Å². The Morgan fingerprint density at radius 2 is 1.69 bits per heavy atom. The number of amides is 1. The van der Waals surface area contributed by atoms with Crippen molar-refractivity contribution >= 4 is 29.7 Å². The first-order valence-electron chi connectivity index (χ1n) is 10.0. The highest BCUT2D eigenvalue weighted by Gasteiger charge is 2.13. The molecule has 3 aromatic rings. The number of esters is 1. The van der Waals surface area contributed by atoms with Crippen molar-refractivity contribution < 1.29 is 19.1 Å². The van der Waals surface area contributed by atoms with E-state index in [-0.39, 0.29) is 0 Å². The number of benzene rings is 3. The molecular formula is C25H23ClN2O4. The van der Waals surface area contributed by atoms with E-state index in [1.165, 1.54) is 6.21 Å². The van der Waals surface area contributed by atoms with Crippen LogP contribution in [0.4, 0.5) is 0 Å². The molecular weight excluding hydrogens is 428 g/mol. The van der Waals surface area contributed by atoms with Crippen LogP contribution in [0, 0.1) is 13.8 Å². The summed E-state index contributed by atoms with van der Waals surface area (Å²) < 4.78 is 11.1. The normalized spacial score (nSPS) is 10.8. The number of aryl methyl sites for hydroxylation is 2. The van der Waals surface area contributed by atoms with Crippen LogP contribution in [-0.2, 0) is 0 Å². The minimum absolute atomic E-state index is 0.296. The molecule has 164 valence electrons. The van der Waals surface area contributed by atoms with Crippen LogP contribution < -0.4 is 14.9 Å². The highest BCUT2D eigenvalue weighted by molar-refractivity contribution is 6.33. The second kappa shape index (κ2) is 10.6. The van der Waals surface area contributed by atoms with Gasteiger partial charge in [-0.25, -0.2) is 10.2 Å². The Morgan fingerprint density at radius 1 is 0.969 bits per heavy atom. The first-order chi connectivity index (χ1) is 15.4. The summed E-state index contributed by atoms with van der Waals surface area (Å²) in [5.41, 5.74) is 5.90. The van der Waals surface area contributed by atoms with E-state index in [2.05, 4.69) is 10.5 Å². The fourth-order valence-corrected chi connectivity index (χ4v) is 3.16. The number of nitrogens with one attached hydrogen (secondary N) is 1. The molecule has 0 bridgehead atoms. The van der Waals surface area contributed by atoms with Gasteiger partial charge in [0.2, 0.25) is 0 Å². The van der Waals surface area contributed by atoms with Crippen LogP contribution in [0.2, 0.25) is 5.02 Å². The zero-order chi connectivity index (χ0) is 23.1. The van der Waals surface area contributed by atoms with Crippen molar-refractivity contribution in [3.63, 3.8) is 0 Å². The summed E-state index contributed by atoms with van der Waals surface area (Å²) in [6.45, 7) is 6.06. The monoisotopic (exact) mass is 450 g/mol. The van der Waals surface area contributed by atoms with Gasteiger partial charge in [0, 0.05) is 0 Å². The molecule has 0 spiro atoms. The SMILES string of the molecule is CCOc1cc(C=NNC(=O)c2ccc(C)cc2Cl)ccc1OC(=O)c1ccc(C)cc1. The molecule has 3 rings (SSSR count). The minimum atomic E-state index is -0.477. The molecule has 0 heterocycles. The van der Waals surface area contributed by atoms with Crippen LogP contribution in [0.15, 0.2) is 65.8 Å². The van der Waals surface area contributed by atoms with Crippen LogP contribution >= 0.6 is 11.6 Å². The maximum atomic E-state index is 12.4. The Kier molecular flexibility index (Phi) is 7.63. The van der Waals surface area contributed by atoms with Crippen molar-refractivity contribution in [1.29, 1.82) is 0 Å². The molecule has 0 atom stereocenters. The van der Waals surface area contributed by atoms with Gasteiger partial charge in [-0.05, 0) is 74.4 Å². The van der Waals surface area contributed by atoms with Gasteiger partial charge in [0.1, 0.15) is 0 Å². The molecule has 1 amide bonds. The van der Waals surface area contributed by atoms with E-state index in [0.717, 1.165) is 11.1 Å². The van der Waals surface area contributed by atoms with Crippen molar-refractivity contribution in [1.82, 2.24) is 5.43 Å². The zero-order valence-corrected chi connectivity index (χ0v) is 18.8. The largest absolute Gasteiger partial charge is 0.490 e. The van der Waals surface area contributed by atoms with Crippen molar-refractivity contribution in [2.45, 2.75) is 20.8 Å². The van der Waals surface area contributed by atoms with E-state index in [9.17, 15) is 9.59 Å². The molecule has 1 N–H and O–H groups in total. The maximum Gasteiger partial charge on any atom is 0.343 e. The molecule has 0 saturated heterocycles. The van der Waals surface area contributed by atoms with Gasteiger partial charge >= 0.3 is 5.97 Å². The van der Waals surface area contributed by atoms with Crippen molar-refractivity contribution in [3.8, 4) is 11.5 Å². The average Bonchev–Trinajstić information content (AvgIpc) is 2.76. The Hall–Kier alpha value is -3.64. The van der Waals surface area contributed by atoms with Crippen molar-refractivity contribution in [2.75, 3.05) is 6.61 Å². The predicted molar refractivity (Wildman–Crippen MR) is 125 cm³/mol. The fraction of sp³-hybridized carbons (Fsp3) is 0.160. The summed E-state index contributed by atoms with van der Waals surface area (Å²) in [4.78, 5) is 24.7. The third-order valence-corrected chi connectivity index (χ3v) is 4.82. The van der Waals surface area contributed by atoms with Gasteiger partial charge in [-0.3, -0.25) is 4.79 Å². The summed E-state index contributed by atoms with van der Waals surface area (Å²) in [6, 6.07) is 17.3. The number of hydrogen-bond acceptors (Lipinski definition) is 5. The van der Waals surface area contributed by atoms with Gasteiger partial charge in [0.15, 0.2) is 11.5 Å². The molecule has 3 aromatic carbocycles. The van der Waals surface area contributed by atoms with E-state index in [1.54, 1.807) is 48.5 Å². The highest BCUT2D eigenvalue weighted by atomic mass is 35.5. The summed E-state index contributed by atoms with van der Waals surface area (Å²) in [7, 11) is 0. The lowest BCUT2D eigenvalue weighted by molar-refractivity contribution is 0.0728. The summed E-state index contributed by atoms with van der Waals surface area (Å²) in [5.74, 6) is -0.204. The lowest BCUT2D eigenvalue weighted by Crippen LogP contribution is -2.18. The van der Waals surface area contributed by atoms with Gasteiger partial charge in [-0.2, -0.15) is 5.10 Å². The first kappa shape index (κ1) is 23.0. The van der Waals surface area contributed by atoms with Gasteiger partial charge in [-0.1, -0.05) is 35.4 Å². The predicted octanol–water partition coefficient (Wildman–Crippen LogP) is 5.34. The van der Waals surface area contributed by atoms with Gasteiger partial charge in [0.25, 0.3) is 5.91 Å². The molecule has 0 aliphatic heterocycles. The minimum Gasteiger partial charge on any atom is -0.490 e. The number of ether oxygens (including phenoxy) is 2. The highest BCUT2D eigenvalue weighted by Crippen LogP contribution is 2.29. The number of carbonyl (C=O) groups is 2. The van der Waals surface area contributed by atoms with Crippen LogP contribution in [0.25, 0.3) is 0 Å². The van der Waals surface area contributed by atoms with Crippen LogP contribution in [0.1, 0.15) is 44.3 Å². The van der Waals surface area contributed by atoms with Gasteiger partial charge in [-0.15, -0.1) is 0 Å². The summed E-state index contributed by atoms with van der Waals surface area (Å²) in [5, 5.41) is 4.34. The molecule has 6 nitrogen and oxygen atoms in total. The average molecular weight is 451 g/mol. The van der Waals surface area contributed by atoms with Crippen molar-refractivity contribution in [2.24, 2.45) is 5.10 Å². The Labute approximate surface area is 191 Å². The van der Waals surface area contributed by atoms with E-state index < -0.39 is 11.9 Å². The second-order valence-corrected chi connectivity index (χ2v) is 7.48. The Balaban J connectivity index is 1.71. The molecule has 0 radical (unpaired) electrons. The topological polar surface area (TPSA) is 77.0 Å². The number of hydrogen-bond donors (Lipinski definition) is 1. The van der Waals surface area contributed by atoms with E-state index in [0.29, 0.717) is 39.8 Å². The fourth-order valence-electron chi connectivity index (χ4n) is 2.84. The number of rotatable bonds is 7. The number of halogens is 1. The van der Waals surface area contributed by atoms with Gasteiger partial charge < -0.3 is 9.47 Å². The quantitative estimate of drug-likeness (QED) is 0.228. The van der Waals surface area contributed by atoms with Crippen molar-refractivity contribution in [3.05, 3.63) is 93.5 Å². The standard InChI is InChI=1S/C25H23ClN2O4/c1-4-31-23-14-18(15-27-28-24(29)20-11-7-17(3)13-21(20)26)8-12-22(23)32-25(30)19-9-5-16(2)6-10-19/h5-15H,4H2,1-3H3,(H,28,29). The van der Waals surface area contributed by atoms with Gasteiger partial charge in [0.05, 0.1) is 29.0 Å². The molecule has 0 aliphatic rings. The van der Waals surface area contributed by atoms with Crippen LogP contribution in [0.5, 0.6) is 11.5 Å². The maximum absolute atomic E-state index is 12.4. The first-order valence-corrected chi connectivity index (χ1v) is 10.4. The molecule has 7 heteroatoms. The number of nitrogens with zero attached hydrogens (tertiary/aromatic N) is 1. The molecule has 0 fully saturated rings. The van der Waals surface area contributed by atoms with Crippen LogP contribution in [0.3, 0.4) is 0 Å². The summed E-state index contributed by atoms with van der Waals surface area (Å²) >= 11 is 6.12. The smallest absolute Gasteiger partial charge is 0.343 e. The third-order valence-electron chi connectivity index (χ3n) is 4.51. The molecule has 0 aromatic heterocycles. The molecule has 0 unspecified atom stereocenters. The summed E-state index contributed by atoms with van der Waals surface area (Å²) in [6.07, 6.45) is 1.47. The molecule has 0 saturated carbocycles.